The molecule has 0 spiro atoms. The van der Waals surface area contributed by atoms with Crippen molar-refractivity contribution in [2.24, 2.45) is 12.8 Å². The molecule has 3 nitrogen and oxygen atoms in total. The molecule has 1 aromatic heterocycles. The number of hydrogen-bond acceptors (Lipinski definition) is 2. The highest BCUT2D eigenvalue weighted by Crippen LogP contribution is 2.45. The molecule has 0 saturated heterocycles. The maximum Gasteiger partial charge on any atom is 0.0732 e. The number of rotatable bonds is 2. The van der Waals surface area contributed by atoms with E-state index < -0.39 is 0 Å². The summed E-state index contributed by atoms with van der Waals surface area (Å²) in [7, 11) is 2.02. The van der Waals surface area contributed by atoms with E-state index in [9.17, 15) is 0 Å². The van der Waals surface area contributed by atoms with Gasteiger partial charge in [0.05, 0.1) is 11.2 Å². The average Bonchev–Trinajstić information content (AvgIpc) is 2.94. The molecule has 0 aliphatic heterocycles. The summed E-state index contributed by atoms with van der Waals surface area (Å²) in [5, 5.41) is 5.91. The van der Waals surface area contributed by atoms with Crippen LogP contribution in [0.25, 0.3) is 10.9 Å². The van der Waals surface area contributed by atoms with Gasteiger partial charge in [0.15, 0.2) is 0 Å². The maximum atomic E-state index is 6.35. The van der Waals surface area contributed by atoms with Crippen LogP contribution in [-0.2, 0) is 12.6 Å². The largest absolute Gasteiger partial charge is 0.321 e. The van der Waals surface area contributed by atoms with Crippen molar-refractivity contribution < 1.29 is 0 Å². The highest BCUT2D eigenvalue weighted by atomic mass is 15.3. The first kappa shape index (κ1) is 10.8. The van der Waals surface area contributed by atoms with Crippen molar-refractivity contribution in [1.29, 1.82) is 0 Å². The Balaban J connectivity index is 2.32. The van der Waals surface area contributed by atoms with Crippen LogP contribution in [0, 0.1) is 0 Å². The SMILES string of the molecule is CC(C)c1nn(C)c2c(C3(N)CC3)cccc12. The van der Waals surface area contributed by atoms with Gasteiger partial charge in [-0.15, -0.1) is 0 Å². The molecule has 2 aromatic rings. The lowest BCUT2D eigenvalue weighted by Crippen LogP contribution is -2.19. The van der Waals surface area contributed by atoms with Crippen LogP contribution in [0.4, 0.5) is 0 Å². The fraction of sp³-hybridized carbons (Fsp3) is 0.500. The van der Waals surface area contributed by atoms with Crippen LogP contribution in [0.5, 0.6) is 0 Å². The summed E-state index contributed by atoms with van der Waals surface area (Å²) < 4.78 is 1.99. The van der Waals surface area contributed by atoms with E-state index in [4.69, 9.17) is 5.73 Å². The summed E-state index contributed by atoms with van der Waals surface area (Å²) in [5.41, 5.74) is 9.91. The van der Waals surface area contributed by atoms with E-state index in [1.165, 1.54) is 22.2 Å². The Hall–Kier alpha value is -1.35. The van der Waals surface area contributed by atoms with Crippen LogP contribution in [0.15, 0.2) is 18.2 Å². The van der Waals surface area contributed by atoms with Gasteiger partial charge >= 0.3 is 0 Å². The maximum absolute atomic E-state index is 6.35. The van der Waals surface area contributed by atoms with Crippen molar-refractivity contribution >= 4 is 10.9 Å². The van der Waals surface area contributed by atoms with E-state index in [0.29, 0.717) is 5.92 Å². The van der Waals surface area contributed by atoms with Crippen LogP contribution in [0.3, 0.4) is 0 Å². The topological polar surface area (TPSA) is 43.8 Å². The highest BCUT2D eigenvalue weighted by molar-refractivity contribution is 5.86. The molecule has 0 atom stereocenters. The number of fused-ring (bicyclic) bond motifs is 1. The monoisotopic (exact) mass is 229 g/mol. The second kappa shape index (κ2) is 3.33. The quantitative estimate of drug-likeness (QED) is 0.860. The Morgan fingerprint density at radius 3 is 2.65 bits per heavy atom. The summed E-state index contributed by atoms with van der Waals surface area (Å²) >= 11 is 0. The molecule has 1 aromatic carbocycles. The molecule has 1 fully saturated rings. The molecule has 2 N–H and O–H groups in total. The van der Waals surface area contributed by atoms with E-state index in [-0.39, 0.29) is 5.54 Å². The Morgan fingerprint density at radius 2 is 2.06 bits per heavy atom. The van der Waals surface area contributed by atoms with Crippen LogP contribution >= 0.6 is 0 Å². The third kappa shape index (κ3) is 1.49. The molecule has 1 heterocycles. The van der Waals surface area contributed by atoms with Gasteiger partial charge in [0.1, 0.15) is 0 Å². The molecule has 0 unspecified atom stereocenters. The Kier molecular flexibility index (Phi) is 2.11. The minimum Gasteiger partial charge on any atom is -0.321 e. The molecule has 0 amide bonds. The van der Waals surface area contributed by atoms with Crippen molar-refractivity contribution in [3.05, 3.63) is 29.5 Å². The zero-order valence-corrected chi connectivity index (χ0v) is 10.7. The van der Waals surface area contributed by atoms with Gasteiger partial charge in [-0.1, -0.05) is 32.0 Å². The van der Waals surface area contributed by atoms with Gasteiger partial charge < -0.3 is 5.73 Å². The standard InChI is InChI=1S/C14H19N3/c1-9(2)12-10-5-4-6-11(14(15)7-8-14)13(10)17(3)16-12/h4-6,9H,7-8,15H2,1-3H3. The summed E-state index contributed by atoms with van der Waals surface area (Å²) in [6, 6.07) is 6.42. The Labute approximate surface area is 102 Å². The van der Waals surface area contributed by atoms with Gasteiger partial charge in [0.2, 0.25) is 0 Å². The zero-order chi connectivity index (χ0) is 12.2. The third-order valence-electron chi connectivity index (χ3n) is 3.77. The van der Waals surface area contributed by atoms with Gasteiger partial charge in [-0.3, -0.25) is 4.68 Å². The molecule has 17 heavy (non-hydrogen) atoms. The number of aryl methyl sites for hydroxylation is 1. The van der Waals surface area contributed by atoms with E-state index in [1.807, 2.05) is 11.7 Å². The molecule has 0 bridgehead atoms. The first-order valence-corrected chi connectivity index (χ1v) is 6.28. The minimum atomic E-state index is -0.0957. The lowest BCUT2D eigenvalue weighted by Gasteiger charge is -2.11. The fourth-order valence-corrected chi connectivity index (χ4v) is 2.60. The molecule has 0 radical (unpaired) electrons. The second-order valence-corrected chi connectivity index (χ2v) is 5.52. The van der Waals surface area contributed by atoms with Crippen molar-refractivity contribution in [2.45, 2.75) is 38.1 Å². The van der Waals surface area contributed by atoms with Gasteiger partial charge in [-0.2, -0.15) is 5.10 Å². The highest BCUT2D eigenvalue weighted by Gasteiger charge is 2.42. The molecule has 1 saturated carbocycles. The number of aromatic nitrogens is 2. The fourth-order valence-electron chi connectivity index (χ4n) is 2.60. The van der Waals surface area contributed by atoms with Crippen LogP contribution in [0.1, 0.15) is 43.9 Å². The van der Waals surface area contributed by atoms with Crippen molar-refractivity contribution in [3.63, 3.8) is 0 Å². The van der Waals surface area contributed by atoms with E-state index in [1.54, 1.807) is 0 Å². The van der Waals surface area contributed by atoms with Crippen molar-refractivity contribution in [3.8, 4) is 0 Å². The van der Waals surface area contributed by atoms with Gasteiger partial charge in [0.25, 0.3) is 0 Å². The summed E-state index contributed by atoms with van der Waals surface area (Å²) in [6.07, 6.45) is 2.18. The van der Waals surface area contributed by atoms with E-state index >= 15 is 0 Å². The van der Waals surface area contributed by atoms with E-state index in [0.717, 1.165) is 12.8 Å². The minimum absolute atomic E-state index is 0.0957. The van der Waals surface area contributed by atoms with Gasteiger partial charge in [-0.25, -0.2) is 0 Å². The molecule has 3 rings (SSSR count). The molecular formula is C14H19N3. The Morgan fingerprint density at radius 1 is 1.35 bits per heavy atom. The molecule has 3 heteroatoms. The second-order valence-electron chi connectivity index (χ2n) is 5.52. The van der Waals surface area contributed by atoms with Crippen molar-refractivity contribution in [1.82, 2.24) is 9.78 Å². The first-order valence-electron chi connectivity index (χ1n) is 6.28. The number of hydrogen-bond donors (Lipinski definition) is 1. The number of para-hydroxylation sites is 1. The number of benzene rings is 1. The number of nitrogens with two attached hydrogens (primary N) is 1. The predicted octanol–water partition coefficient (Wildman–Crippen LogP) is 2.64. The van der Waals surface area contributed by atoms with Crippen LogP contribution < -0.4 is 5.73 Å². The van der Waals surface area contributed by atoms with Crippen molar-refractivity contribution in [2.75, 3.05) is 0 Å². The lowest BCUT2D eigenvalue weighted by molar-refractivity contribution is 0.708. The molecular weight excluding hydrogens is 210 g/mol. The van der Waals surface area contributed by atoms with E-state index in [2.05, 4.69) is 37.1 Å². The molecule has 1 aliphatic rings. The van der Waals surface area contributed by atoms with Crippen LogP contribution in [-0.4, -0.2) is 9.78 Å². The molecule has 90 valence electrons. The average molecular weight is 229 g/mol. The summed E-state index contributed by atoms with van der Waals surface area (Å²) in [4.78, 5) is 0. The van der Waals surface area contributed by atoms with Crippen LogP contribution in [0.2, 0.25) is 0 Å². The normalized spacial score (nSPS) is 17.9. The summed E-state index contributed by atoms with van der Waals surface area (Å²) in [6.45, 7) is 4.37. The zero-order valence-electron chi connectivity index (χ0n) is 10.7. The van der Waals surface area contributed by atoms with Gasteiger partial charge in [0, 0.05) is 18.0 Å². The smallest absolute Gasteiger partial charge is 0.0732 e. The number of nitrogens with zero attached hydrogens (tertiary/aromatic N) is 2. The summed E-state index contributed by atoms with van der Waals surface area (Å²) in [5.74, 6) is 0.446. The predicted molar refractivity (Wildman–Crippen MR) is 69.9 cm³/mol. The molecule has 1 aliphatic carbocycles. The lowest BCUT2D eigenvalue weighted by atomic mass is 9.99. The van der Waals surface area contributed by atoms with Gasteiger partial charge in [-0.05, 0) is 24.3 Å². The Bertz CT molecular complexity index is 576. The third-order valence-corrected chi connectivity index (χ3v) is 3.77. The first-order chi connectivity index (χ1) is 8.03.